The van der Waals surface area contributed by atoms with E-state index in [4.69, 9.17) is 9.47 Å². The van der Waals surface area contributed by atoms with Gasteiger partial charge in [0.25, 0.3) is 15.9 Å². The summed E-state index contributed by atoms with van der Waals surface area (Å²) in [6.45, 7) is 1.62. The fraction of sp³-hybridized carbons (Fsp3) is 0.286. The number of methoxy groups -OCH3 is 2. The maximum Gasteiger partial charge on any atom is 0.271 e. The number of aromatic nitrogens is 1. The predicted octanol–water partition coefficient (Wildman–Crippen LogP) is 2.36. The number of carbonyl (C=O) groups is 2. The predicted molar refractivity (Wildman–Crippen MR) is 146 cm³/mol. The summed E-state index contributed by atoms with van der Waals surface area (Å²) in [6, 6.07) is 14.3. The zero-order valence-corrected chi connectivity index (χ0v) is 23.8. The molecular formula is C28H29N5O6S. The Kier molecular flexibility index (Phi) is 7.56. The minimum atomic E-state index is -4.48. The maximum absolute atomic E-state index is 14.8. The van der Waals surface area contributed by atoms with Gasteiger partial charge in [-0.1, -0.05) is 0 Å². The first-order valence-corrected chi connectivity index (χ1v) is 13.6. The Morgan fingerprint density at radius 2 is 1.73 bits per heavy atom. The number of rotatable bonds is 8. The topological polar surface area (TPSA) is 133 Å². The molecule has 0 radical (unpaired) electrons. The SMILES string of the molecule is COc1ccc(S(=O)(=O)N2C(=O)[C@](c3cccnc3OC)(N(C)C(C)C(=O)N(C)C)c3cc(C#N)ccc32)cc1. The summed E-state index contributed by atoms with van der Waals surface area (Å²) in [5.74, 6) is -0.701. The van der Waals surface area contributed by atoms with Crippen LogP contribution in [0.25, 0.3) is 0 Å². The molecule has 0 N–H and O–H groups in total. The van der Waals surface area contributed by atoms with E-state index < -0.39 is 27.5 Å². The first-order chi connectivity index (χ1) is 19.0. The quantitative estimate of drug-likeness (QED) is 0.405. The highest BCUT2D eigenvalue weighted by Gasteiger charge is 2.61. The summed E-state index contributed by atoms with van der Waals surface area (Å²) in [7, 11) is 3.09. The monoisotopic (exact) mass is 563 g/mol. The molecule has 0 spiro atoms. The Bertz CT molecular complexity index is 1620. The standard InChI is InChI=1S/C28H29N5O6S/c1-18(26(34)31(2)3)32(4)28(22-8-7-15-30-25(22)39-6)23-16-19(17-29)9-14-24(23)33(27(28)35)40(36,37)21-12-10-20(38-5)11-13-21/h7-16,18H,1-6H3/t18?,28-/m1/s1. The Labute approximate surface area is 233 Å². The third-order valence-corrected chi connectivity index (χ3v) is 8.80. The minimum absolute atomic E-state index is 0.0436. The molecule has 2 heterocycles. The fourth-order valence-corrected chi connectivity index (χ4v) is 6.44. The van der Waals surface area contributed by atoms with Crippen LogP contribution in [0.5, 0.6) is 11.6 Å². The molecule has 1 aliphatic rings. The fourth-order valence-electron chi connectivity index (χ4n) is 4.99. The number of pyridine rings is 1. The van der Waals surface area contributed by atoms with Crippen molar-refractivity contribution in [2.24, 2.45) is 0 Å². The summed E-state index contributed by atoms with van der Waals surface area (Å²) >= 11 is 0. The molecule has 0 saturated heterocycles. The first-order valence-electron chi connectivity index (χ1n) is 12.2. The van der Waals surface area contributed by atoms with E-state index in [0.29, 0.717) is 5.75 Å². The summed E-state index contributed by atoms with van der Waals surface area (Å²) in [4.78, 5) is 35.0. The summed E-state index contributed by atoms with van der Waals surface area (Å²) < 4.78 is 39.7. The van der Waals surface area contributed by atoms with E-state index in [-0.39, 0.29) is 39.1 Å². The number of fused-ring (bicyclic) bond motifs is 1. The Hall–Kier alpha value is -4.47. The van der Waals surface area contributed by atoms with E-state index in [2.05, 4.69) is 11.1 Å². The minimum Gasteiger partial charge on any atom is -0.497 e. The van der Waals surface area contributed by atoms with Crippen molar-refractivity contribution in [1.29, 1.82) is 5.26 Å². The lowest BCUT2D eigenvalue weighted by atomic mass is 9.81. The third-order valence-electron chi connectivity index (χ3n) is 7.09. The van der Waals surface area contributed by atoms with Gasteiger partial charge >= 0.3 is 0 Å². The normalized spacial score (nSPS) is 17.2. The van der Waals surface area contributed by atoms with Crippen molar-refractivity contribution >= 4 is 27.5 Å². The second-order valence-electron chi connectivity index (χ2n) is 9.38. The van der Waals surface area contributed by atoms with E-state index in [0.717, 1.165) is 4.31 Å². The second-order valence-corrected chi connectivity index (χ2v) is 11.2. The van der Waals surface area contributed by atoms with Gasteiger partial charge in [0.05, 0.1) is 42.5 Å². The molecule has 1 aliphatic heterocycles. The van der Waals surface area contributed by atoms with Gasteiger partial charge in [-0.05, 0) is 68.6 Å². The van der Waals surface area contributed by atoms with Crippen LogP contribution in [0.4, 0.5) is 5.69 Å². The zero-order valence-electron chi connectivity index (χ0n) is 22.9. The van der Waals surface area contributed by atoms with E-state index >= 15 is 0 Å². The number of hydrogen-bond acceptors (Lipinski definition) is 9. The lowest BCUT2D eigenvalue weighted by Gasteiger charge is -2.41. The van der Waals surface area contributed by atoms with Crippen molar-refractivity contribution in [2.75, 3.05) is 39.7 Å². The first kappa shape index (κ1) is 28.5. The molecule has 2 atom stereocenters. The molecule has 0 aliphatic carbocycles. The van der Waals surface area contributed by atoms with E-state index in [1.54, 1.807) is 40.2 Å². The van der Waals surface area contributed by atoms with Crippen molar-refractivity contribution in [1.82, 2.24) is 14.8 Å². The molecule has 1 unspecified atom stereocenters. The van der Waals surface area contributed by atoms with Gasteiger partial charge in [-0.3, -0.25) is 14.5 Å². The number of carbonyl (C=O) groups excluding carboxylic acids is 2. The lowest BCUT2D eigenvalue weighted by molar-refractivity contribution is -0.138. The summed E-state index contributed by atoms with van der Waals surface area (Å²) in [5, 5.41) is 9.75. The average Bonchev–Trinajstić information content (AvgIpc) is 3.23. The molecule has 0 saturated carbocycles. The second kappa shape index (κ2) is 10.6. The maximum atomic E-state index is 14.8. The van der Waals surface area contributed by atoms with Gasteiger partial charge in [-0.25, -0.2) is 17.7 Å². The molecule has 40 heavy (non-hydrogen) atoms. The van der Waals surface area contributed by atoms with Crippen molar-refractivity contribution < 1.29 is 27.5 Å². The van der Waals surface area contributed by atoms with Gasteiger partial charge < -0.3 is 14.4 Å². The number of nitriles is 1. The van der Waals surface area contributed by atoms with Crippen molar-refractivity contribution in [3.63, 3.8) is 0 Å². The summed E-state index contributed by atoms with van der Waals surface area (Å²) in [5.41, 5.74) is -1.26. The van der Waals surface area contributed by atoms with E-state index in [1.807, 2.05) is 0 Å². The van der Waals surface area contributed by atoms with Crippen LogP contribution in [0.3, 0.4) is 0 Å². The van der Waals surface area contributed by atoms with Crippen LogP contribution in [0, 0.1) is 11.3 Å². The van der Waals surface area contributed by atoms with Gasteiger partial charge in [0.15, 0.2) is 5.54 Å². The van der Waals surface area contributed by atoms with Gasteiger partial charge in [-0.2, -0.15) is 5.26 Å². The molecule has 4 rings (SSSR count). The third kappa shape index (κ3) is 4.24. The molecule has 1 aromatic heterocycles. The molecule has 0 bridgehead atoms. The number of amides is 2. The molecule has 2 aromatic carbocycles. The Morgan fingerprint density at radius 1 is 1.05 bits per heavy atom. The van der Waals surface area contributed by atoms with Crippen LogP contribution >= 0.6 is 0 Å². The molecule has 12 heteroatoms. The molecular weight excluding hydrogens is 534 g/mol. The number of ether oxygens (including phenoxy) is 2. The molecule has 208 valence electrons. The highest BCUT2D eigenvalue weighted by Crippen LogP contribution is 2.52. The highest BCUT2D eigenvalue weighted by molar-refractivity contribution is 7.93. The van der Waals surface area contributed by atoms with Crippen LogP contribution in [0.1, 0.15) is 23.6 Å². The number of nitrogens with zero attached hydrogens (tertiary/aromatic N) is 5. The number of likely N-dealkylation sites (N-methyl/N-ethyl adjacent to an activating group) is 2. The number of anilines is 1. The zero-order chi connectivity index (χ0) is 29.4. The molecule has 2 amide bonds. The highest BCUT2D eigenvalue weighted by atomic mass is 32.2. The van der Waals surface area contributed by atoms with Crippen molar-refractivity contribution in [3.8, 4) is 17.7 Å². The largest absolute Gasteiger partial charge is 0.497 e. The van der Waals surface area contributed by atoms with Crippen molar-refractivity contribution in [3.05, 3.63) is 77.5 Å². The van der Waals surface area contributed by atoms with Crippen LogP contribution in [-0.2, 0) is 25.2 Å². The molecule has 3 aromatic rings. The van der Waals surface area contributed by atoms with Gasteiger partial charge in [0.1, 0.15) is 5.75 Å². The number of hydrogen-bond donors (Lipinski definition) is 0. The molecule has 11 nitrogen and oxygen atoms in total. The van der Waals surface area contributed by atoms with Gasteiger partial charge in [0, 0.05) is 31.4 Å². The van der Waals surface area contributed by atoms with E-state index in [1.165, 1.54) is 72.7 Å². The van der Waals surface area contributed by atoms with E-state index in [9.17, 15) is 23.3 Å². The van der Waals surface area contributed by atoms with Crippen LogP contribution in [-0.4, -0.2) is 76.4 Å². The summed E-state index contributed by atoms with van der Waals surface area (Å²) in [6.07, 6.45) is 1.47. The van der Waals surface area contributed by atoms with Gasteiger partial charge in [0.2, 0.25) is 11.8 Å². The van der Waals surface area contributed by atoms with Crippen molar-refractivity contribution in [2.45, 2.75) is 23.4 Å². The smallest absolute Gasteiger partial charge is 0.271 e. The Morgan fingerprint density at radius 3 is 2.30 bits per heavy atom. The van der Waals surface area contributed by atoms with Gasteiger partial charge in [-0.15, -0.1) is 0 Å². The van der Waals surface area contributed by atoms with Crippen LogP contribution < -0.4 is 13.8 Å². The average molecular weight is 564 g/mol. The Balaban J connectivity index is 2.10. The van der Waals surface area contributed by atoms with Crippen LogP contribution in [0.15, 0.2) is 65.7 Å². The number of sulfonamides is 1. The van der Waals surface area contributed by atoms with Crippen LogP contribution in [0.2, 0.25) is 0 Å². The number of benzene rings is 2. The molecule has 0 fully saturated rings. The lowest BCUT2D eigenvalue weighted by Crippen LogP contribution is -2.59.